The molecule has 0 unspecified atom stereocenters. The molecule has 1 saturated carbocycles. The number of nitrogens with two attached hydrogens (primary N) is 3. The normalized spacial score (nSPS) is 12.8. The number of pyridine rings is 1. The summed E-state index contributed by atoms with van der Waals surface area (Å²) in [5.41, 5.74) is 9.00. The maximum atomic E-state index is 11.3. The molecule has 0 radical (unpaired) electrons. The molecule has 1 aliphatic rings. The number of rotatable bonds is 10. The topological polar surface area (TPSA) is 152 Å². The minimum Gasteiger partial charge on any atom is -0.478 e. The Morgan fingerprint density at radius 3 is 2.30 bits per heavy atom. The van der Waals surface area contributed by atoms with Gasteiger partial charge in [-0.05, 0) is 54.3 Å². The van der Waals surface area contributed by atoms with E-state index in [-0.39, 0.29) is 17.9 Å². The van der Waals surface area contributed by atoms with Crippen molar-refractivity contribution in [3.63, 3.8) is 0 Å². The molecule has 0 bridgehead atoms. The van der Waals surface area contributed by atoms with Gasteiger partial charge < -0.3 is 10.8 Å². The van der Waals surface area contributed by atoms with Crippen LogP contribution < -0.4 is 32.0 Å². The summed E-state index contributed by atoms with van der Waals surface area (Å²) in [7, 11) is 3.37. The molecule has 1 atom stereocenters. The third-order valence-electron chi connectivity index (χ3n) is 6.28. The third kappa shape index (κ3) is 8.92. The average Bonchev–Trinajstić information content (AvgIpc) is 3.77. The number of carbonyl (C=O) groups is 2. The van der Waals surface area contributed by atoms with E-state index >= 15 is 0 Å². The van der Waals surface area contributed by atoms with Gasteiger partial charge in [-0.2, -0.15) is 0 Å². The summed E-state index contributed by atoms with van der Waals surface area (Å²) >= 11 is 6.34. The number of primary amides is 1. The number of hydrogen-bond donors (Lipinski definition) is 4. The van der Waals surface area contributed by atoms with Crippen molar-refractivity contribution in [3.05, 3.63) is 82.6 Å². The van der Waals surface area contributed by atoms with Gasteiger partial charge in [-0.15, -0.1) is 0 Å². The molecule has 3 aromatic rings. The largest absolute Gasteiger partial charge is 0.478 e. The van der Waals surface area contributed by atoms with Crippen molar-refractivity contribution >= 4 is 29.7 Å². The van der Waals surface area contributed by atoms with Gasteiger partial charge in [-0.1, -0.05) is 50.4 Å². The molecule has 1 amide bonds. The lowest BCUT2D eigenvalue weighted by Gasteiger charge is -2.25. The van der Waals surface area contributed by atoms with Gasteiger partial charge in [0.2, 0.25) is 18.3 Å². The first-order chi connectivity index (χ1) is 19.2. The second-order valence-electron chi connectivity index (χ2n) is 9.18. The Balaban J connectivity index is 0.00000105. The minimum absolute atomic E-state index is 0.0649. The molecular formula is C29H40ClN6O4+. The number of hydrazine groups is 2. The number of carboxylic acids is 1. The monoisotopic (exact) mass is 571 g/mol. The van der Waals surface area contributed by atoms with E-state index in [2.05, 4.69) is 11.8 Å². The molecule has 216 valence electrons. The average molecular weight is 572 g/mol. The predicted octanol–water partition coefficient (Wildman–Crippen LogP) is 3.55. The van der Waals surface area contributed by atoms with E-state index in [9.17, 15) is 9.90 Å². The molecule has 0 aliphatic heterocycles. The molecule has 7 N–H and O–H groups in total. The van der Waals surface area contributed by atoms with Crippen LogP contribution >= 0.6 is 11.6 Å². The second-order valence-corrected chi connectivity index (χ2v) is 9.61. The van der Waals surface area contributed by atoms with E-state index < -0.39 is 5.97 Å². The highest BCUT2D eigenvalue weighted by atomic mass is 35.5. The smallest absolute Gasteiger partial charge is 0.335 e. The zero-order valence-electron chi connectivity index (χ0n) is 23.5. The number of halogens is 1. The molecule has 2 aromatic carbocycles. The van der Waals surface area contributed by atoms with Gasteiger partial charge in [0.05, 0.1) is 29.4 Å². The third-order valence-corrected chi connectivity index (χ3v) is 6.51. The molecule has 1 aromatic heterocycles. The van der Waals surface area contributed by atoms with E-state index in [1.807, 2.05) is 50.4 Å². The molecule has 1 aliphatic carbocycles. The summed E-state index contributed by atoms with van der Waals surface area (Å²) in [6.07, 6.45) is 5.57. The molecule has 10 nitrogen and oxygen atoms in total. The van der Waals surface area contributed by atoms with Crippen LogP contribution in [0, 0.1) is 5.92 Å². The Morgan fingerprint density at radius 1 is 1.15 bits per heavy atom. The van der Waals surface area contributed by atoms with Crippen molar-refractivity contribution in [1.82, 2.24) is 5.01 Å². The number of anilines is 1. The summed E-state index contributed by atoms with van der Waals surface area (Å²) in [6, 6.07) is 16.7. The van der Waals surface area contributed by atoms with Crippen molar-refractivity contribution < 1.29 is 24.3 Å². The quantitative estimate of drug-likeness (QED) is 0.0947. The summed E-state index contributed by atoms with van der Waals surface area (Å²) in [4.78, 5) is 25.7. The van der Waals surface area contributed by atoms with Crippen LogP contribution in [0.4, 0.5) is 5.69 Å². The molecule has 11 heteroatoms. The van der Waals surface area contributed by atoms with Crippen LogP contribution in [0.25, 0.3) is 11.1 Å². The van der Waals surface area contributed by atoms with Crippen molar-refractivity contribution in [2.45, 2.75) is 39.0 Å². The van der Waals surface area contributed by atoms with Crippen LogP contribution in [0.1, 0.15) is 60.6 Å². The number of carbonyl (C=O) groups excluding carboxylic acids is 1. The van der Waals surface area contributed by atoms with Crippen molar-refractivity contribution in [3.8, 4) is 11.1 Å². The maximum absolute atomic E-state index is 11.3. The Hall–Kier alpha value is -3.70. The second kappa shape index (κ2) is 15.8. The van der Waals surface area contributed by atoms with E-state index in [4.69, 9.17) is 32.9 Å². The van der Waals surface area contributed by atoms with Crippen molar-refractivity contribution in [2.75, 3.05) is 25.8 Å². The Kier molecular flexibility index (Phi) is 12.8. The lowest BCUT2D eigenvalue weighted by molar-refractivity contribution is -0.890. The number of aromatic carboxylic acids is 1. The fourth-order valence-corrected chi connectivity index (χ4v) is 4.53. The van der Waals surface area contributed by atoms with Gasteiger partial charge in [0.25, 0.3) is 0 Å². The lowest BCUT2D eigenvalue weighted by Crippen LogP contribution is -2.46. The van der Waals surface area contributed by atoms with Crippen LogP contribution in [-0.2, 0) is 4.79 Å². The van der Waals surface area contributed by atoms with Gasteiger partial charge in [-0.3, -0.25) is 20.5 Å². The Bertz CT molecular complexity index is 1250. The van der Waals surface area contributed by atoms with E-state index in [1.165, 1.54) is 17.9 Å². The zero-order valence-corrected chi connectivity index (χ0v) is 24.2. The molecule has 1 heterocycles. The van der Waals surface area contributed by atoms with Crippen LogP contribution in [0.5, 0.6) is 0 Å². The summed E-state index contributed by atoms with van der Waals surface area (Å²) < 4.78 is 1.77. The highest BCUT2D eigenvalue weighted by Crippen LogP contribution is 2.41. The number of amides is 1. The Labute approximate surface area is 240 Å². The van der Waals surface area contributed by atoms with Crippen molar-refractivity contribution in [1.29, 1.82) is 0 Å². The molecule has 1 fully saturated rings. The van der Waals surface area contributed by atoms with E-state index in [1.54, 1.807) is 42.1 Å². The molecule has 0 saturated heterocycles. The van der Waals surface area contributed by atoms with Crippen molar-refractivity contribution in [2.24, 2.45) is 23.3 Å². The molecule has 40 heavy (non-hydrogen) atoms. The summed E-state index contributed by atoms with van der Waals surface area (Å²) in [5, 5.41) is 12.9. The highest BCUT2D eigenvalue weighted by molar-refractivity contribution is 6.31. The summed E-state index contributed by atoms with van der Waals surface area (Å²) in [6.45, 7) is 4.33. The first-order valence-corrected chi connectivity index (χ1v) is 13.4. The minimum atomic E-state index is -0.932. The van der Waals surface area contributed by atoms with Gasteiger partial charge in [-0.25, -0.2) is 15.6 Å². The number of carboxylic acid groups (broad SMARTS) is 1. The van der Waals surface area contributed by atoms with Gasteiger partial charge in [0.1, 0.15) is 7.11 Å². The van der Waals surface area contributed by atoms with Crippen LogP contribution in [0.15, 0.2) is 60.8 Å². The first kappa shape index (κ1) is 32.5. The molecular weight excluding hydrogens is 532 g/mol. The van der Waals surface area contributed by atoms with Crippen LogP contribution in [0.3, 0.4) is 0 Å². The van der Waals surface area contributed by atoms with Gasteiger partial charge in [0, 0.05) is 28.4 Å². The summed E-state index contributed by atoms with van der Waals surface area (Å²) in [5.74, 6) is 11.9. The van der Waals surface area contributed by atoms with Gasteiger partial charge in [0.15, 0.2) is 0 Å². The maximum Gasteiger partial charge on any atom is 0.335 e. The fourth-order valence-electron chi connectivity index (χ4n) is 4.36. The van der Waals surface area contributed by atoms with E-state index in [0.29, 0.717) is 17.6 Å². The SMILES string of the molecule is CC.CO[n+]1cc(-c2cc(Cl)ccc2N(N)CN(C)N)ccc1[C@H](CC1CC1)c1ccc(C(=O)O)cc1.NC=O. The van der Waals surface area contributed by atoms with Gasteiger partial charge >= 0.3 is 5.97 Å². The molecule has 0 spiro atoms. The van der Waals surface area contributed by atoms with E-state index in [0.717, 1.165) is 34.5 Å². The fraction of sp³-hybridized carbons (Fsp3) is 0.345. The lowest BCUT2D eigenvalue weighted by atomic mass is 9.89. The number of nitrogens with zero attached hydrogens (tertiary/aromatic N) is 3. The Morgan fingerprint density at radius 2 is 1.77 bits per heavy atom. The van der Waals surface area contributed by atoms with Crippen LogP contribution in [-0.4, -0.2) is 43.3 Å². The predicted molar refractivity (Wildman–Crippen MR) is 157 cm³/mol. The standard InChI is InChI=1S/C26H30ClN5O3.C2H6.CH3NO/c1-30(28)16-31(29)24-12-10-21(27)14-23(24)20-9-11-25(32(15-20)35-2)22(13-17-3-4-17)18-5-7-19(8-6-18)26(33)34;1-2;2-1-3/h5-12,14-15,17,22H,3-4,13,16,28-29H2,1-2H3;1-2H3;1H,(H2,2,3)/p+1/t22-;;/m1../s1. The number of aromatic nitrogens is 1. The number of hydrogen-bond acceptors (Lipinski definition) is 7. The highest BCUT2D eigenvalue weighted by Gasteiger charge is 2.33. The van der Waals surface area contributed by atoms with Crippen LogP contribution in [0.2, 0.25) is 5.02 Å². The first-order valence-electron chi connectivity index (χ1n) is 13.0. The molecule has 4 rings (SSSR count). The number of benzene rings is 2. The zero-order chi connectivity index (χ0) is 29.8.